The summed E-state index contributed by atoms with van der Waals surface area (Å²) in [5, 5.41) is 23.6. The number of amides is 1. The number of hydrogen-bond donors (Lipinski definition) is 2. The number of hydrogen-bond acceptors (Lipinski definition) is 5. The number of likely N-dealkylation sites (tertiary alicyclic amines) is 1. The molecule has 2 heterocycles. The average molecular weight is 608 g/mol. The number of ether oxygens (including phenoxy) is 1. The molecule has 8 nitrogen and oxygen atoms in total. The van der Waals surface area contributed by atoms with Crippen molar-refractivity contribution in [2.75, 3.05) is 20.2 Å². The van der Waals surface area contributed by atoms with E-state index in [0.717, 1.165) is 49.8 Å². The molecule has 0 bridgehead atoms. The molecule has 2 unspecified atom stereocenters. The minimum Gasteiger partial charge on any atom is -0.480 e. The van der Waals surface area contributed by atoms with Crippen LogP contribution >= 0.6 is 0 Å². The molecule has 2 aliphatic rings. The summed E-state index contributed by atoms with van der Waals surface area (Å²) in [7, 11) is 1.46. The number of methoxy groups -OCH3 is 1. The number of benzene rings is 3. The maximum absolute atomic E-state index is 12.3. The number of nitrogens with zero attached hydrogens (tertiary/aromatic N) is 3. The third kappa shape index (κ3) is 5.99. The molecular formula is C37H41N3O5. The van der Waals surface area contributed by atoms with Crippen LogP contribution in [-0.4, -0.2) is 63.1 Å². The lowest BCUT2D eigenvalue weighted by Crippen LogP contribution is -2.42. The molecule has 6 rings (SSSR count). The first-order chi connectivity index (χ1) is 21.8. The lowest BCUT2D eigenvalue weighted by atomic mass is 9.83. The van der Waals surface area contributed by atoms with E-state index < -0.39 is 12.1 Å². The standard InChI is InChI=1S/C37H41N3O5/c1-4-25-19-24(11-14-31(25)26-15-17-39(18-16-26)35(42)23(2)41)20-29-13-12-27-7-6-10-32(34(27)29)28-8-5-9-30(21-28)40-36(45-3)33(22-38-40)37(43)44/h5-11,14,19,21-23,26,29,41H,4,12-13,15-18,20H2,1-3H3,(H,43,44). The topological polar surface area (TPSA) is 105 Å². The number of carboxylic acids is 1. The van der Waals surface area contributed by atoms with Crippen molar-refractivity contribution in [2.24, 2.45) is 0 Å². The number of aliphatic hydroxyl groups excluding tert-OH is 1. The molecule has 4 aromatic rings. The Hall–Kier alpha value is -4.43. The fourth-order valence-corrected chi connectivity index (χ4v) is 7.36. The molecule has 2 N–H and O–H groups in total. The van der Waals surface area contributed by atoms with Gasteiger partial charge in [0, 0.05) is 13.1 Å². The molecule has 1 aliphatic carbocycles. The molecular weight excluding hydrogens is 566 g/mol. The lowest BCUT2D eigenvalue weighted by Gasteiger charge is -2.34. The molecule has 1 aromatic heterocycles. The maximum Gasteiger partial charge on any atom is 0.342 e. The average Bonchev–Trinajstić information content (AvgIpc) is 3.69. The second kappa shape index (κ2) is 12.9. The highest BCUT2D eigenvalue weighted by Crippen LogP contribution is 2.43. The summed E-state index contributed by atoms with van der Waals surface area (Å²) < 4.78 is 6.96. The van der Waals surface area contributed by atoms with Crippen LogP contribution in [0.5, 0.6) is 5.88 Å². The predicted molar refractivity (Wildman–Crippen MR) is 173 cm³/mol. The number of fused-ring (bicyclic) bond motifs is 1. The van der Waals surface area contributed by atoms with Gasteiger partial charge in [-0.25, -0.2) is 9.48 Å². The fraction of sp³-hybridized carbons (Fsp3) is 0.378. The number of piperidine rings is 1. The highest BCUT2D eigenvalue weighted by atomic mass is 16.5. The number of carbonyl (C=O) groups is 2. The second-order valence-corrected chi connectivity index (χ2v) is 12.3. The van der Waals surface area contributed by atoms with Crippen molar-refractivity contribution in [3.05, 3.63) is 100 Å². The fourth-order valence-electron chi connectivity index (χ4n) is 7.36. The summed E-state index contributed by atoms with van der Waals surface area (Å²) >= 11 is 0. The van der Waals surface area contributed by atoms with E-state index in [4.69, 9.17) is 4.74 Å². The van der Waals surface area contributed by atoms with Crippen molar-refractivity contribution in [1.82, 2.24) is 14.7 Å². The lowest BCUT2D eigenvalue weighted by molar-refractivity contribution is -0.140. The molecule has 45 heavy (non-hydrogen) atoms. The largest absolute Gasteiger partial charge is 0.480 e. The van der Waals surface area contributed by atoms with Gasteiger partial charge in [0.2, 0.25) is 5.88 Å². The number of aliphatic hydroxyl groups is 1. The van der Waals surface area contributed by atoms with E-state index in [1.165, 1.54) is 51.4 Å². The van der Waals surface area contributed by atoms with Crippen LogP contribution in [0.25, 0.3) is 16.8 Å². The number of aromatic carboxylic acids is 1. The van der Waals surface area contributed by atoms with Gasteiger partial charge in [-0.05, 0) is 108 Å². The van der Waals surface area contributed by atoms with Gasteiger partial charge in [0.25, 0.3) is 5.91 Å². The quantitative estimate of drug-likeness (QED) is 0.236. The van der Waals surface area contributed by atoms with E-state index in [1.807, 2.05) is 12.1 Å². The molecule has 1 amide bonds. The molecule has 234 valence electrons. The van der Waals surface area contributed by atoms with Crippen molar-refractivity contribution in [2.45, 2.75) is 70.3 Å². The van der Waals surface area contributed by atoms with E-state index in [9.17, 15) is 19.8 Å². The van der Waals surface area contributed by atoms with E-state index in [-0.39, 0.29) is 17.4 Å². The molecule has 8 heteroatoms. The van der Waals surface area contributed by atoms with Crippen molar-refractivity contribution in [3.8, 4) is 22.7 Å². The van der Waals surface area contributed by atoms with Crippen LogP contribution in [0.15, 0.2) is 66.9 Å². The van der Waals surface area contributed by atoms with Crippen molar-refractivity contribution >= 4 is 11.9 Å². The molecule has 0 spiro atoms. The van der Waals surface area contributed by atoms with Crippen LogP contribution in [0.2, 0.25) is 0 Å². The Morgan fingerprint density at radius 2 is 1.82 bits per heavy atom. The first-order valence-corrected chi connectivity index (χ1v) is 16.0. The van der Waals surface area contributed by atoms with E-state index in [0.29, 0.717) is 24.9 Å². The first kappa shape index (κ1) is 30.6. The summed E-state index contributed by atoms with van der Waals surface area (Å²) in [4.78, 5) is 25.7. The zero-order chi connectivity index (χ0) is 31.7. The van der Waals surface area contributed by atoms with Gasteiger partial charge in [-0.15, -0.1) is 0 Å². The van der Waals surface area contributed by atoms with Gasteiger partial charge in [-0.1, -0.05) is 55.5 Å². The van der Waals surface area contributed by atoms with E-state index in [2.05, 4.69) is 60.6 Å². The van der Waals surface area contributed by atoms with Gasteiger partial charge in [-0.2, -0.15) is 5.10 Å². The molecule has 1 aliphatic heterocycles. The first-order valence-electron chi connectivity index (χ1n) is 16.0. The molecule has 2 atom stereocenters. The van der Waals surface area contributed by atoms with Crippen LogP contribution in [0.1, 0.15) is 83.1 Å². The highest BCUT2D eigenvalue weighted by Gasteiger charge is 2.29. The van der Waals surface area contributed by atoms with Crippen LogP contribution < -0.4 is 4.74 Å². The monoisotopic (exact) mass is 607 g/mol. The van der Waals surface area contributed by atoms with Gasteiger partial charge < -0.3 is 19.8 Å². The van der Waals surface area contributed by atoms with Crippen LogP contribution in [0.4, 0.5) is 0 Å². The van der Waals surface area contributed by atoms with Crippen LogP contribution in [0, 0.1) is 0 Å². The third-order valence-electron chi connectivity index (χ3n) is 9.59. The summed E-state index contributed by atoms with van der Waals surface area (Å²) in [6.45, 7) is 5.15. The Balaban J connectivity index is 1.24. The third-order valence-corrected chi connectivity index (χ3v) is 9.59. The highest BCUT2D eigenvalue weighted by molar-refractivity contribution is 5.90. The van der Waals surface area contributed by atoms with Crippen molar-refractivity contribution in [3.63, 3.8) is 0 Å². The van der Waals surface area contributed by atoms with Gasteiger partial charge in [-0.3, -0.25) is 4.79 Å². The van der Waals surface area contributed by atoms with E-state index >= 15 is 0 Å². The van der Waals surface area contributed by atoms with Crippen molar-refractivity contribution in [1.29, 1.82) is 0 Å². The Kier molecular flexibility index (Phi) is 8.76. The van der Waals surface area contributed by atoms with Crippen LogP contribution in [0.3, 0.4) is 0 Å². The molecule has 1 fully saturated rings. The Bertz CT molecular complexity index is 1720. The number of rotatable bonds is 9. The molecule has 3 aromatic carbocycles. The predicted octanol–water partition coefficient (Wildman–Crippen LogP) is 6.17. The zero-order valence-corrected chi connectivity index (χ0v) is 26.2. The summed E-state index contributed by atoms with van der Waals surface area (Å²) in [6.07, 6.45) is 6.30. The van der Waals surface area contributed by atoms with Crippen molar-refractivity contribution < 1.29 is 24.5 Å². The Morgan fingerprint density at radius 3 is 2.53 bits per heavy atom. The molecule has 0 radical (unpaired) electrons. The van der Waals surface area contributed by atoms with Crippen LogP contribution in [-0.2, 0) is 24.1 Å². The number of carboxylic acid groups (broad SMARTS) is 1. The van der Waals surface area contributed by atoms with Gasteiger partial charge in [0.05, 0.1) is 19.0 Å². The van der Waals surface area contributed by atoms with Gasteiger partial charge in [0.1, 0.15) is 11.7 Å². The summed E-state index contributed by atoms with van der Waals surface area (Å²) in [5.74, 6) is -0.228. The van der Waals surface area contributed by atoms with E-state index in [1.54, 1.807) is 11.8 Å². The minimum atomic E-state index is -1.08. The molecule has 1 saturated heterocycles. The minimum absolute atomic E-state index is 0.0259. The zero-order valence-electron chi connectivity index (χ0n) is 26.2. The Morgan fingerprint density at radius 1 is 1.04 bits per heavy atom. The number of aromatic nitrogens is 2. The smallest absolute Gasteiger partial charge is 0.342 e. The number of aryl methyl sites for hydroxylation is 2. The second-order valence-electron chi connectivity index (χ2n) is 12.3. The number of carbonyl (C=O) groups excluding carboxylic acids is 1. The summed E-state index contributed by atoms with van der Waals surface area (Å²) in [5.41, 5.74) is 9.95. The van der Waals surface area contributed by atoms with Gasteiger partial charge >= 0.3 is 5.97 Å². The Labute approximate surface area is 264 Å². The molecule has 0 saturated carbocycles. The SMILES string of the molecule is CCc1cc(CC2CCc3cccc(-c4cccc(-n5ncc(C(=O)O)c5OC)c4)c32)ccc1C1CCN(C(=O)C(C)O)CC1. The summed E-state index contributed by atoms with van der Waals surface area (Å²) in [6, 6.07) is 21.6. The maximum atomic E-state index is 12.3. The normalized spacial score (nSPS) is 17.2. The van der Waals surface area contributed by atoms with Gasteiger partial charge in [0.15, 0.2) is 0 Å².